The van der Waals surface area contributed by atoms with E-state index in [1.807, 2.05) is 20.8 Å². The lowest BCUT2D eigenvalue weighted by atomic mass is 9.68. The van der Waals surface area contributed by atoms with Gasteiger partial charge in [-0.25, -0.2) is 4.79 Å². The fourth-order valence-corrected chi connectivity index (χ4v) is 2.06. The lowest BCUT2D eigenvalue weighted by molar-refractivity contribution is 0.00583. The fraction of sp³-hybridized carbons (Fsp3) is 0.750. The molecular formula is C12H19N3O2. The van der Waals surface area contributed by atoms with Crippen LogP contribution in [0, 0.1) is 0 Å². The van der Waals surface area contributed by atoms with Crippen LogP contribution in [-0.2, 0) is 10.2 Å². The summed E-state index contributed by atoms with van der Waals surface area (Å²) in [6.07, 6.45) is 3.28. The van der Waals surface area contributed by atoms with Crippen molar-refractivity contribution in [1.29, 1.82) is 0 Å². The number of carbonyl (C=O) groups is 1. The fourth-order valence-electron chi connectivity index (χ4n) is 2.06. The molecule has 0 radical (unpaired) electrons. The van der Waals surface area contributed by atoms with Gasteiger partial charge in [-0.05, 0) is 33.6 Å². The van der Waals surface area contributed by atoms with E-state index >= 15 is 0 Å². The summed E-state index contributed by atoms with van der Waals surface area (Å²) in [5.74, 6) is -0.394. The van der Waals surface area contributed by atoms with Crippen molar-refractivity contribution in [2.24, 2.45) is 0 Å². The van der Waals surface area contributed by atoms with E-state index < -0.39 is 11.6 Å². The highest BCUT2D eigenvalue weighted by Gasteiger charge is 2.40. The van der Waals surface area contributed by atoms with Gasteiger partial charge in [0.25, 0.3) is 0 Å². The standard InChI is InChI=1S/C12H19N3O2/c1-11(2,3)17-10(16)8-9(14-15-13-8)12(4)6-5-7-12/h5-7H2,1-4H3,(H,13,14,15). The molecule has 1 aromatic heterocycles. The summed E-state index contributed by atoms with van der Waals surface area (Å²) in [6, 6.07) is 0. The van der Waals surface area contributed by atoms with Crippen LogP contribution in [0.3, 0.4) is 0 Å². The molecule has 5 nitrogen and oxygen atoms in total. The van der Waals surface area contributed by atoms with E-state index in [2.05, 4.69) is 22.3 Å². The quantitative estimate of drug-likeness (QED) is 0.801. The second-order valence-corrected chi connectivity index (χ2v) is 5.94. The van der Waals surface area contributed by atoms with Gasteiger partial charge in [0.05, 0.1) is 0 Å². The molecule has 0 saturated heterocycles. The highest BCUT2D eigenvalue weighted by atomic mass is 16.6. The Kier molecular flexibility index (Phi) is 2.72. The first-order valence-corrected chi connectivity index (χ1v) is 5.96. The molecule has 0 bridgehead atoms. The van der Waals surface area contributed by atoms with E-state index in [0.29, 0.717) is 5.69 Å². The first-order chi connectivity index (χ1) is 7.82. The molecule has 1 N–H and O–H groups in total. The van der Waals surface area contributed by atoms with Gasteiger partial charge in [-0.15, -0.1) is 5.10 Å². The van der Waals surface area contributed by atoms with Crippen molar-refractivity contribution in [3.63, 3.8) is 0 Å². The Morgan fingerprint density at radius 2 is 2.00 bits per heavy atom. The maximum absolute atomic E-state index is 12.0. The molecule has 0 amide bonds. The average molecular weight is 237 g/mol. The van der Waals surface area contributed by atoms with Gasteiger partial charge in [0.1, 0.15) is 11.3 Å². The van der Waals surface area contributed by atoms with Crippen molar-refractivity contribution in [3.05, 3.63) is 11.4 Å². The number of hydrogen-bond acceptors (Lipinski definition) is 4. The lowest BCUT2D eigenvalue weighted by Gasteiger charge is -2.36. The number of nitrogens with one attached hydrogen (secondary N) is 1. The van der Waals surface area contributed by atoms with Crippen molar-refractivity contribution in [1.82, 2.24) is 15.4 Å². The monoisotopic (exact) mass is 237 g/mol. The topological polar surface area (TPSA) is 67.9 Å². The first kappa shape index (κ1) is 12.1. The number of aromatic amines is 1. The molecule has 2 rings (SSSR count). The van der Waals surface area contributed by atoms with Crippen LogP contribution in [0.4, 0.5) is 0 Å². The zero-order valence-electron chi connectivity index (χ0n) is 10.8. The number of esters is 1. The third kappa shape index (κ3) is 2.33. The van der Waals surface area contributed by atoms with Gasteiger partial charge in [-0.2, -0.15) is 10.3 Å². The minimum Gasteiger partial charge on any atom is -0.455 e. The number of H-pyrrole nitrogens is 1. The summed E-state index contributed by atoms with van der Waals surface area (Å²) in [7, 11) is 0. The maximum atomic E-state index is 12.0. The molecule has 0 spiro atoms. The molecule has 0 unspecified atom stereocenters. The zero-order chi connectivity index (χ0) is 12.7. The number of aromatic nitrogens is 3. The molecule has 1 heterocycles. The molecule has 1 aliphatic carbocycles. The van der Waals surface area contributed by atoms with Gasteiger partial charge in [0.2, 0.25) is 0 Å². The third-order valence-corrected chi connectivity index (χ3v) is 3.17. The highest BCUT2D eigenvalue weighted by Crippen LogP contribution is 2.43. The van der Waals surface area contributed by atoms with Gasteiger partial charge < -0.3 is 4.74 Å². The van der Waals surface area contributed by atoms with Gasteiger partial charge in [-0.1, -0.05) is 13.3 Å². The Labute approximate surface area is 101 Å². The highest BCUT2D eigenvalue weighted by molar-refractivity contribution is 5.89. The SMILES string of the molecule is CC(C)(C)OC(=O)c1n[nH]nc1C1(C)CCC1. The van der Waals surface area contributed by atoms with Crippen LogP contribution in [-0.4, -0.2) is 27.0 Å². The van der Waals surface area contributed by atoms with Crippen LogP contribution in [0.2, 0.25) is 0 Å². The molecule has 1 saturated carbocycles. The molecule has 0 atom stereocenters. The summed E-state index contributed by atoms with van der Waals surface area (Å²) in [6.45, 7) is 7.64. The smallest absolute Gasteiger partial charge is 0.361 e. The number of hydrogen-bond donors (Lipinski definition) is 1. The summed E-state index contributed by atoms with van der Waals surface area (Å²) in [5, 5.41) is 10.6. The van der Waals surface area contributed by atoms with E-state index in [4.69, 9.17) is 4.74 Å². The van der Waals surface area contributed by atoms with Crippen LogP contribution in [0.25, 0.3) is 0 Å². The Morgan fingerprint density at radius 3 is 2.47 bits per heavy atom. The van der Waals surface area contributed by atoms with Gasteiger partial charge >= 0.3 is 5.97 Å². The van der Waals surface area contributed by atoms with E-state index in [-0.39, 0.29) is 5.41 Å². The average Bonchev–Trinajstić information content (AvgIpc) is 2.59. The Balaban J connectivity index is 2.22. The summed E-state index contributed by atoms with van der Waals surface area (Å²) in [4.78, 5) is 12.0. The largest absolute Gasteiger partial charge is 0.455 e. The van der Waals surface area contributed by atoms with E-state index in [9.17, 15) is 4.79 Å². The lowest BCUT2D eigenvalue weighted by Crippen LogP contribution is -2.34. The van der Waals surface area contributed by atoms with Crippen LogP contribution in [0.1, 0.15) is 63.1 Å². The van der Waals surface area contributed by atoms with Crippen molar-refractivity contribution >= 4 is 5.97 Å². The van der Waals surface area contributed by atoms with E-state index in [1.165, 1.54) is 6.42 Å². The van der Waals surface area contributed by atoms with E-state index in [0.717, 1.165) is 18.5 Å². The molecule has 1 aromatic rings. The molecule has 94 valence electrons. The van der Waals surface area contributed by atoms with Crippen molar-refractivity contribution in [3.8, 4) is 0 Å². The van der Waals surface area contributed by atoms with Crippen LogP contribution in [0.5, 0.6) is 0 Å². The van der Waals surface area contributed by atoms with Crippen LogP contribution in [0.15, 0.2) is 0 Å². The summed E-state index contributed by atoms with van der Waals surface area (Å²) < 4.78 is 5.33. The Bertz CT molecular complexity index is 427. The minimum absolute atomic E-state index is 0.0146. The number of carbonyl (C=O) groups excluding carboxylic acids is 1. The van der Waals surface area contributed by atoms with Crippen LogP contribution >= 0.6 is 0 Å². The minimum atomic E-state index is -0.506. The van der Waals surface area contributed by atoms with Gasteiger partial charge in [0.15, 0.2) is 5.69 Å². The predicted octanol–water partition coefficient (Wildman–Crippen LogP) is 2.20. The number of ether oxygens (including phenoxy) is 1. The third-order valence-electron chi connectivity index (χ3n) is 3.17. The summed E-state index contributed by atoms with van der Waals surface area (Å²) in [5.41, 5.74) is 0.563. The summed E-state index contributed by atoms with van der Waals surface area (Å²) >= 11 is 0. The Hall–Kier alpha value is -1.39. The van der Waals surface area contributed by atoms with Gasteiger partial charge in [0, 0.05) is 5.41 Å². The molecule has 1 fully saturated rings. The second kappa shape index (κ2) is 3.82. The molecule has 0 aliphatic heterocycles. The first-order valence-electron chi connectivity index (χ1n) is 5.96. The maximum Gasteiger partial charge on any atom is 0.361 e. The second-order valence-electron chi connectivity index (χ2n) is 5.94. The van der Waals surface area contributed by atoms with Crippen LogP contribution < -0.4 is 0 Å². The van der Waals surface area contributed by atoms with E-state index in [1.54, 1.807) is 0 Å². The molecule has 0 aromatic carbocycles. The van der Waals surface area contributed by atoms with Crippen molar-refractivity contribution < 1.29 is 9.53 Å². The number of rotatable bonds is 2. The molecule has 1 aliphatic rings. The van der Waals surface area contributed by atoms with Crippen molar-refractivity contribution in [2.75, 3.05) is 0 Å². The zero-order valence-corrected chi connectivity index (χ0v) is 10.8. The van der Waals surface area contributed by atoms with Crippen molar-refractivity contribution in [2.45, 2.75) is 58.0 Å². The molecule has 17 heavy (non-hydrogen) atoms. The normalized spacial score (nSPS) is 18.6. The predicted molar refractivity (Wildman–Crippen MR) is 62.8 cm³/mol. The van der Waals surface area contributed by atoms with Gasteiger partial charge in [-0.3, -0.25) is 0 Å². The number of nitrogens with zero attached hydrogens (tertiary/aromatic N) is 2. The molecular weight excluding hydrogens is 218 g/mol. The Morgan fingerprint density at radius 1 is 1.35 bits per heavy atom. The molecule has 5 heteroatoms.